The number of phenolic OH excluding ortho intramolecular Hbond substituents is 1. The van der Waals surface area contributed by atoms with Crippen LogP contribution < -0.4 is 15.0 Å². The van der Waals surface area contributed by atoms with E-state index in [9.17, 15) is 19.7 Å². The molecule has 2 heterocycles. The maximum absolute atomic E-state index is 14.4. The molecule has 8 nitrogen and oxygen atoms in total. The highest BCUT2D eigenvalue weighted by Crippen LogP contribution is 2.51. The maximum atomic E-state index is 14.4. The first-order chi connectivity index (χ1) is 25.7. The summed E-state index contributed by atoms with van der Waals surface area (Å²) in [4.78, 5) is 30.0. The first-order valence-corrected chi connectivity index (χ1v) is 18.7. The number of ether oxygens (including phenoxy) is 1. The number of benzene rings is 4. The molecule has 2 fully saturated rings. The summed E-state index contributed by atoms with van der Waals surface area (Å²) in [6.07, 6.45) is 5.58. The number of nitrogens with zero attached hydrogens (tertiary/aromatic N) is 1. The van der Waals surface area contributed by atoms with Gasteiger partial charge in [-0.25, -0.2) is 0 Å². The molecule has 53 heavy (non-hydrogen) atoms. The van der Waals surface area contributed by atoms with Gasteiger partial charge in [0.1, 0.15) is 18.1 Å². The third-order valence-corrected chi connectivity index (χ3v) is 10.8. The number of anilines is 3. The fourth-order valence-electron chi connectivity index (χ4n) is 8.44. The van der Waals surface area contributed by atoms with E-state index in [1.165, 1.54) is 10.5 Å². The fraction of sp³-hybridized carbons (Fsp3) is 0.318. The topological polar surface area (TPSA) is 108 Å². The van der Waals surface area contributed by atoms with Crippen molar-refractivity contribution >= 4 is 42.1 Å². The zero-order valence-electron chi connectivity index (χ0n) is 30.6. The Morgan fingerprint density at radius 2 is 1.57 bits per heavy atom. The maximum Gasteiger partial charge on any atom is 0.455 e. The highest BCUT2D eigenvalue weighted by molar-refractivity contribution is 6.43. The van der Waals surface area contributed by atoms with E-state index in [4.69, 9.17) is 9.39 Å². The SMILES string of the molecule is CCC/C(=C\c1cc(C)c(O)c(C)c1)CC[C@H]1OB(O)C[C@H]2C1=C(COc1ccccc1)C[C@H]1C(=O)N(c3ccc(Nc4ccccc4)cc3)C(=O)[C@H]12. The number of hydrogen-bond donors (Lipinski definition) is 3. The van der Waals surface area contributed by atoms with Crippen molar-refractivity contribution in [3.05, 3.63) is 130 Å². The van der Waals surface area contributed by atoms with E-state index in [0.29, 0.717) is 24.3 Å². The summed E-state index contributed by atoms with van der Waals surface area (Å²) in [5.41, 5.74) is 8.25. The van der Waals surface area contributed by atoms with E-state index < -0.39 is 25.1 Å². The number of imide groups is 1. The zero-order chi connectivity index (χ0) is 37.1. The minimum atomic E-state index is -1.06. The highest BCUT2D eigenvalue weighted by atomic mass is 16.5. The van der Waals surface area contributed by atoms with Gasteiger partial charge in [0.2, 0.25) is 11.8 Å². The molecule has 0 unspecified atom stereocenters. The lowest BCUT2D eigenvalue weighted by atomic mass is 9.58. The first kappa shape index (κ1) is 36.3. The van der Waals surface area contributed by atoms with Crippen LogP contribution in [0.25, 0.3) is 6.08 Å². The molecular formula is C44H47BN2O6. The number of nitrogens with one attached hydrogen (secondary N) is 1. The average Bonchev–Trinajstić information content (AvgIpc) is 3.41. The molecule has 0 saturated carbocycles. The summed E-state index contributed by atoms with van der Waals surface area (Å²) >= 11 is 0. The van der Waals surface area contributed by atoms with Crippen LogP contribution in [-0.4, -0.2) is 41.8 Å². The molecule has 7 rings (SSSR count). The van der Waals surface area contributed by atoms with Gasteiger partial charge in [-0.15, -0.1) is 0 Å². The van der Waals surface area contributed by atoms with E-state index in [1.54, 1.807) is 0 Å². The number of amides is 2. The van der Waals surface area contributed by atoms with Gasteiger partial charge in [0, 0.05) is 11.4 Å². The summed E-state index contributed by atoms with van der Waals surface area (Å²) < 4.78 is 12.6. The smallest absolute Gasteiger partial charge is 0.455 e. The third kappa shape index (κ3) is 7.82. The van der Waals surface area contributed by atoms with Crippen LogP contribution in [0.1, 0.15) is 55.7 Å². The molecule has 0 bridgehead atoms. The first-order valence-electron chi connectivity index (χ1n) is 18.7. The lowest BCUT2D eigenvalue weighted by molar-refractivity contribution is -0.122. The quantitative estimate of drug-likeness (QED) is 0.0767. The number of hydrogen-bond acceptors (Lipinski definition) is 7. The van der Waals surface area contributed by atoms with Crippen LogP contribution in [-0.2, 0) is 14.2 Å². The number of para-hydroxylation sites is 2. The van der Waals surface area contributed by atoms with Crippen molar-refractivity contribution < 1.29 is 29.1 Å². The molecule has 2 amide bonds. The third-order valence-electron chi connectivity index (χ3n) is 10.8. The number of allylic oxidation sites excluding steroid dienone is 1. The van der Waals surface area contributed by atoms with Crippen molar-refractivity contribution in [1.29, 1.82) is 0 Å². The van der Waals surface area contributed by atoms with Crippen LogP contribution in [0.5, 0.6) is 11.5 Å². The van der Waals surface area contributed by atoms with Crippen molar-refractivity contribution in [2.45, 2.75) is 65.3 Å². The number of aryl methyl sites for hydroxylation is 2. The van der Waals surface area contributed by atoms with Crippen molar-refractivity contribution in [2.24, 2.45) is 17.8 Å². The van der Waals surface area contributed by atoms with E-state index in [1.807, 2.05) is 111 Å². The Morgan fingerprint density at radius 3 is 2.25 bits per heavy atom. The summed E-state index contributed by atoms with van der Waals surface area (Å²) in [5, 5.41) is 24.9. The molecule has 272 valence electrons. The summed E-state index contributed by atoms with van der Waals surface area (Å²) in [7, 11) is -1.06. The number of carbonyl (C=O) groups excluding carboxylic acids is 2. The van der Waals surface area contributed by atoms with Crippen molar-refractivity contribution in [1.82, 2.24) is 0 Å². The fourth-order valence-corrected chi connectivity index (χ4v) is 8.44. The summed E-state index contributed by atoms with van der Waals surface area (Å²) in [6, 6.07) is 30.8. The minimum Gasteiger partial charge on any atom is -0.507 e. The van der Waals surface area contributed by atoms with Crippen LogP contribution in [0.2, 0.25) is 6.32 Å². The van der Waals surface area contributed by atoms with Crippen LogP contribution >= 0.6 is 0 Å². The van der Waals surface area contributed by atoms with Gasteiger partial charge in [0.15, 0.2) is 0 Å². The second kappa shape index (κ2) is 15.9. The molecule has 2 saturated heterocycles. The van der Waals surface area contributed by atoms with E-state index in [0.717, 1.165) is 64.2 Å². The molecule has 3 aliphatic rings. The Hall–Kier alpha value is -5.12. The molecule has 4 aromatic rings. The number of rotatable bonds is 12. The molecule has 3 N–H and O–H groups in total. The zero-order valence-corrected chi connectivity index (χ0v) is 30.6. The van der Waals surface area contributed by atoms with Gasteiger partial charge in [-0.3, -0.25) is 14.5 Å². The van der Waals surface area contributed by atoms with Gasteiger partial charge in [-0.1, -0.05) is 61.4 Å². The largest absolute Gasteiger partial charge is 0.507 e. The Bertz CT molecular complexity index is 1990. The summed E-state index contributed by atoms with van der Waals surface area (Å²) in [5.74, 6) is -0.932. The van der Waals surface area contributed by atoms with Crippen LogP contribution in [0.3, 0.4) is 0 Å². The van der Waals surface area contributed by atoms with E-state index in [-0.39, 0.29) is 30.7 Å². The highest BCUT2D eigenvalue weighted by Gasteiger charge is 2.57. The molecule has 0 spiro atoms. The predicted octanol–water partition coefficient (Wildman–Crippen LogP) is 8.80. The van der Waals surface area contributed by atoms with Crippen molar-refractivity contribution in [3.8, 4) is 11.5 Å². The molecule has 1 aliphatic carbocycles. The Labute approximate surface area is 312 Å². The Morgan fingerprint density at radius 1 is 0.906 bits per heavy atom. The second-order valence-electron chi connectivity index (χ2n) is 14.6. The molecule has 2 aliphatic heterocycles. The van der Waals surface area contributed by atoms with Gasteiger partial charge >= 0.3 is 7.12 Å². The standard InChI is InChI=1S/C44H47BN2O6/c1-4-11-30(24-31-22-28(2)42(48)29(3)23-31)16-21-39-40-32(27-52-36-14-9-6-10-15-36)25-37-41(38(40)26-45(51)53-39)44(50)47(43(37)49)35-19-17-34(18-20-35)46-33-12-7-5-8-13-33/h5-10,12-15,17-20,22-24,37-39,41,46,48,51H,4,11,16,21,25-27H2,1-3H3/b30-24+/t37-,38+,39-,41-/m1/s1. The van der Waals surface area contributed by atoms with Crippen molar-refractivity contribution in [2.75, 3.05) is 16.8 Å². The molecule has 4 atom stereocenters. The molecular weight excluding hydrogens is 663 g/mol. The second-order valence-corrected chi connectivity index (χ2v) is 14.6. The predicted molar refractivity (Wildman–Crippen MR) is 210 cm³/mol. The van der Waals surface area contributed by atoms with Gasteiger partial charge in [0.05, 0.1) is 23.6 Å². The van der Waals surface area contributed by atoms with Gasteiger partial charge < -0.3 is 24.8 Å². The lowest BCUT2D eigenvalue weighted by Crippen LogP contribution is -2.46. The number of aromatic hydroxyl groups is 1. The van der Waals surface area contributed by atoms with Crippen LogP contribution in [0.4, 0.5) is 17.1 Å². The average molecular weight is 711 g/mol. The van der Waals surface area contributed by atoms with E-state index in [2.05, 4.69) is 18.3 Å². The van der Waals surface area contributed by atoms with Gasteiger partial charge in [-0.05, 0) is 140 Å². The van der Waals surface area contributed by atoms with Gasteiger partial charge in [-0.2, -0.15) is 0 Å². The lowest BCUT2D eigenvalue weighted by Gasteiger charge is -2.43. The monoisotopic (exact) mass is 710 g/mol. The van der Waals surface area contributed by atoms with Crippen LogP contribution in [0.15, 0.2) is 114 Å². The molecule has 0 aromatic heterocycles. The van der Waals surface area contributed by atoms with E-state index >= 15 is 0 Å². The molecule has 9 heteroatoms. The van der Waals surface area contributed by atoms with Crippen LogP contribution in [0, 0.1) is 31.6 Å². The normalized spacial score (nSPS) is 21.5. The number of fused-ring (bicyclic) bond motifs is 3. The van der Waals surface area contributed by atoms with Crippen molar-refractivity contribution in [3.63, 3.8) is 0 Å². The molecule has 4 aromatic carbocycles. The Kier molecular flexibility index (Phi) is 10.9. The number of carbonyl (C=O) groups is 2. The van der Waals surface area contributed by atoms with Gasteiger partial charge in [0.25, 0.3) is 0 Å². The summed E-state index contributed by atoms with van der Waals surface area (Å²) in [6.45, 7) is 6.24. The molecule has 0 radical (unpaired) electrons. The number of phenols is 1. The Balaban J connectivity index is 1.18. The minimum absolute atomic E-state index is 0.217.